The molecule has 85 heavy (non-hydrogen) atoms. The molecule has 0 aliphatic rings. The standard InChI is InChI=1S/4C18H15P.C6H8Si.C2H6/c4*1-4-10-16(11-5-1)19(17-12-6-2-7-13-17)18-14-8-3-9-15-18;7-6-4-2-1-3-5-6;1-2/h4*1-15H;1-5H,7H3;1-2H3. The molecule has 0 fully saturated rings. The van der Waals surface area contributed by atoms with Gasteiger partial charge in [-0.1, -0.05) is 413 Å². The predicted octanol–water partition coefficient (Wildman–Crippen LogP) is 14.5. The predicted molar refractivity (Wildman–Crippen MR) is 388 cm³/mol. The summed E-state index contributed by atoms with van der Waals surface area (Å²) in [6, 6.07) is 140. The second-order valence-electron chi connectivity index (χ2n) is 19.0. The van der Waals surface area contributed by atoms with Crippen LogP contribution in [0, 0.1) is 0 Å². The van der Waals surface area contributed by atoms with E-state index in [1.165, 1.54) is 79.1 Å². The van der Waals surface area contributed by atoms with Gasteiger partial charge in [0.15, 0.2) is 0 Å². The zero-order valence-corrected chi connectivity index (χ0v) is 54.4. The van der Waals surface area contributed by atoms with Crippen molar-refractivity contribution in [3.63, 3.8) is 0 Å². The highest BCUT2D eigenvalue weighted by Gasteiger charge is 2.18. The topological polar surface area (TPSA) is 0 Å². The number of benzene rings is 13. The Balaban J connectivity index is 0.000000141. The van der Waals surface area contributed by atoms with Crippen LogP contribution in [0.4, 0.5) is 0 Å². The van der Waals surface area contributed by atoms with Crippen LogP contribution in [0.1, 0.15) is 13.8 Å². The van der Waals surface area contributed by atoms with Gasteiger partial charge < -0.3 is 0 Å². The molecule has 0 aliphatic heterocycles. The molecule has 0 aliphatic carbocycles. The molecule has 0 unspecified atom stereocenters. The Hall–Kier alpha value is -8.20. The van der Waals surface area contributed by atoms with Crippen LogP contribution in [0.15, 0.2) is 394 Å². The van der Waals surface area contributed by atoms with Crippen molar-refractivity contribution in [2.24, 2.45) is 0 Å². The first kappa shape index (κ1) is 62.8. The van der Waals surface area contributed by atoms with E-state index in [0.717, 1.165) is 0 Å². The van der Waals surface area contributed by atoms with Crippen LogP contribution in [-0.2, 0) is 0 Å². The van der Waals surface area contributed by atoms with Crippen molar-refractivity contribution in [1.82, 2.24) is 0 Å². The van der Waals surface area contributed by atoms with E-state index in [-0.39, 0.29) is 0 Å². The first-order chi connectivity index (χ1) is 42.2. The molecule has 5 heteroatoms. The fraction of sp³-hybridized carbons (Fsp3) is 0.0250. The van der Waals surface area contributed by atoms with Crippen molar-refractivity contribution >= 4 is 111 Å². The maximum atomic E-state index is 2.23. The Morgan fingerprint density at radius 1 is 0.141 bits per heavy atom. The van der Waals surface area contributed by atoms with E-state index >= 15 is 0 Å². The van der Waals surface area contributed by atoms with Gasteiger partial charge in [-0.2, -0.15) is 0 Å². The summed E-state index contributed by atoms with van der Waals surface area (Å²) in [5.41, 5.74) is 0. The quantitative estimate of drug-likeness (QED) is 0.0845. The van der Waals surface area contributed by atoms with E-state index < -0.39 is 31.7 Å². The minimum Gasteiger partial charge on any atom is -0.0708 e. The van der Waals surface area contributed by atoms with Crippen molar-refractivity contribution in [3.05, 3.63) is 394 Å². The van der Waals surface area contributed by atoms with E-state index in [2.05, 4.69) is 388 Å². The highest BCUT2D eigenvalue weighted by Crippen LogP contribution is 2.35. The monoisotopic (exact) mass is 1190 g/mol. The smallest absolute Gasteiger partial charge is 0.0384 e. The maximum absolute atomic E-state index is 2.23. The second kappa shape index (κ2) is 36.5. The first-order valence-corrected chi connectivity index (χ1v) is 35.4. The molecule has 0 heterocycles. The van der Waals surface area contributed by atoms with Gasteiger partial charge >= 0.3 is 0 Å². The largest absolute Gasteiger partial charge is 0.0708 e. The fourth-order valence-corrected chi connectivity index (χ4v) is 18.9. The van der Waals surface area contributed by atoms with Crippen LogP contribution in [0.25, 0.3) is 0 Å². The third-order valence-electron chi connectivity index (χ3n) is 13.1. The van der Waals surface area contributed by atoms with Gasteiger partial charge in [0, 0.05) is 10.2 Å². The molecule has 0 atom stereocenters. The summed E-state index contributed by atoms with van der Waals surface area (Å²) in [6.45, 7) is 4.00. The Bertz CT molecular complexity index is 2900. The lowest BCUT2D eigenvalue weighted by atomic mass is 10.4. The molecule has 0 amide bonds. The molecule has 13 aromatic rings. The zero-order chi connectivity index (χ0) is 58.8. The summed E-state index contributed by atoms with van der Waals surface area (Å²) in [4.78, 5) is 0. The highest BCUT2D eigenvalue weighted by molar-refractivity contribution is 7.81. The molecule has 0 spiro atoms. The van der Waals surface area contributed by atoms with Gasteiger partial charge in [0.2, 0.25) is 0 Å². The Morgan fingerprint density at radius 2 is 0.224 bits per heavy atom. The number of hydrogen-bond acceptors (Lipinski definition) is 0. The van der Waals surface area contributed by atoms with Crippen molar-refractivity contribution in [2.75, 3.05) is 0 Å². The van der Waals surface area contributed by atoms with E-state index in [1.807, 2.05) is 19.9 Å². The molecule has 0 bridgehead atoms. The molecule has 13 rings (SSSR count). The summed E-state index contributed by atoms with van der Waals surface area (Å²) in [7, 11) is -0.610. The summed E-state index contributed by atoms with van der Waals surface area (Å²) < 4.78 is 0. The molecular weight excluding hydrogens is 1110 g/mol. The molecule has 0 N–H and O–H groups in total. The van der Waals surface area contributed by atoms with Gasteiger partial charge in [0.05, 0.1) is 0 Å². The van der Waals surface area contributed by atoms with E-state index in [1.54, 1.807) is 0 Å². The summed E-state index contributed by atoms with van der Waals surface area (Å²) in [6.07, 6.45) is 0. The van der Waals surface area contributed by atoms with Gasteiger partial charge in [0.1, 0.15) is 0 Å². The van der Waals surface area contributed by atoms with Crippen LogP contribution in [0.3, 0.4) is 0 Å². The van der Waals surface area contributed by atoms with Gasteiger partial charge in [0.25, 0.3) is 0 Å². The van der Waals surface area contributed by atoms with Crippen LogP contribution in [0.2, 0.25) is 0 Å². The lowest BCUT2D eigenvalue weighted by molar-refractivity contribution is 1.50. The minimum absolute atomic E-state index is 0.446. The van der Waals surface area contributed by atoms with Crippen LogP contribution >= 0.6 is 31.7 Å². The Morgan fingerprint density at radius 3 is 0.294 bits per heavy atom. The average Bonchev–Trinajstić information content (AvgIpc) is 3.71. The highest BCUT2D eigenvalue weighted by atomic mass is 31.1. The van der Waals surface area contributed by atoms with Crippen LogP contribution in [-0.4, -0.2) is 10.2 Å². The van der Waals surface area contributed by atoms with Crippen molar-refractivity contribution in [1.29, 1.82) is 0 Å². The molecule has 0 saturated heterocycles. The Labute approximate surface area is 515 Å². The molecule has 0 radical (unpaired) electrons. The van der Waals surface area contributed by atoms with Gasteiger partial charge in [-0.3, -0.25) is 0 Å². The first-order valence-electron chi connectivity index (χ1n) is 29.0. The number of hydrogen-bond donors (Lipinski definition) is 0. The molecule has 0 aromatic heterocycles. The normalized spacial score (nSPS) is 10.3. The third kappa shape index (κ3) is 20.0. The van der Waals surface area contributed by atoms with Gasteiger partial charge in [-0.15, -0.1) is 0 Å². The molecule has 0 saturated carbocycles. The Kier molecular flexibility index (Phi) is 27.0. The average molecular weight is 1190 g/mol. The van der Waals surface area contributed by atoms with Crippen LogP contribution in [0.5, 0.6) is 0 Å². The summed E-state index contributed by atoms with van der Waals surface area (Å²) in [5.74, 6) is 0. The lowest BCUT2D eigenvalue weighted by Gasteiger charge is -2.18. The fourth-order valence-electron chi connectivity index (χ4n) is 9.25. The minimum atomic E-state index is -0.446. The van der Waals surface area contributed by atoms with Crippen molar-refractivity contribution in [3.8, 4) is 0 Å². The summed E-state index contributed by atoms with van der Waals surface area (Å²) >= 11 is 0. The van der Waals surface area contributed by atoms with E-state index in [4.69, 9.17) is 0 Å². The zero-order valence-electron chi connectivity index (χ0n) is 48.8. The molecule has 13 aromatic carbocycles. The van der Waals surface area contributed by atoms with Crippen molar-refractivity contribution in [2.45, 2.75) is 13.8 Å². The second-order valence-corrected chi connectivity index (χ2v) is 29.1. The van der Waals surface area contributed by atoms with Gasteiger partial charge in [-0.25, -0.2) is 0 Å². The van der Waals surface area contributed by atoms with E-state index in [9.17, 15) is 0 Å². The molecule has 418 valence electrons. The third-order valence-corrected chi connectivity index (χ3v) is 23.6. The SMILES string of the molecule is CC.[SiH3]c1ccccc1.c1ccc(P(c2ccccc2)c2ccccc2)cc1.c1ccc(P(c2ccccc2)c2ccccc2)cc1.c1ccc(P(c2ccccc2)c2ccccc2)cc1.c1ccc(P(c2ccccc2)c2ccccc2)cc1. The van der Waals surface area contributed by atoms with Crippen LogP contribution < -0.4 is 68.8 Å². The van der Waals surface area contributed by atoms with Gasteiger partial charge in [-0.05, 0) is 95.3 Å². The number of rotatable bonds is 12. The maximum Gasteiger partial charge on any atom is 0.0384 e. The summed E-state index contributed by atoms with van der Waals surface area (Å²) in [5, 5.41) is 18.2. The molecular formula is C80H74P4Si. The van der Waals surface area contributed by atoms with E-state index in [0.29, 0.717) is 0 Å². The molecule has 0 nitrogen and oxygen atoms in total. The van der Waals surface area contributed by atoms with Crippen molar-refractivity contribution < 1.29 is 0 Å². The lowest BCUT2D eigenvalue weighted by Crippen LogP contribution is -2.20.